The van der Waals surface area contributed by atoms with Gasteiger partial charge in [-0.15, -0.1) is 23.7 Å². The van der Waals surface area contributed by atoms with Gasteiger partial charge < -0.3 is 4.90 Å². The lowest BCUT2D eigenvalue weighted by Gasteiger charge is -2.24. The van der Waals surface area contributed by atoms with E-state index < -0.39 is 0 Å². The molecular formula is C20H24Cl3N3OS2. The normalized spacial score (nSPS) is 11.1. The second-order valence-corrected chi connectivity index (χ2v) is 9.91. The molecule has 0 aliphatic carbocycles. The molecule has 0 atom stereocenters. The minimum Gasteiger partial charge on any atom is -0.302 e. The number of aromatic nitrogens is 1. The van der Waals surface area contributed by atoms with Crippen LogP contribution in [0.1, 0.15) is 35.3 Å². The monoisotopic (exact) mass is 491 g/mol. The zero-order valence-corrected chi connectivity index (χ0v) is 20.8. The number of thiazole rings is 1. The Morgan fingerprint density at radius 2 is 1.76 bits per heavy atom. The van der Waals surface area contributed by atoms with Crippen molar-refractivity contribution in [1.29, 1.82) is 0 Å². The Labute approximate surface area is 195 Å². The molecule has 3 aromatic rings. The number of anilines is 1. The van der Waals surface area contributed by atoms with E-state index in [0.717, 1.165) is 35.4 Å². The van der Waals surface area contributed by atoms with E-state index in [-0.39, 0.29) is 18.3 Å². The summed E-state index contributed by atoms with van der Waals surface area (Å²) in [7, 11) is 0. The largest absolute Gasteiger partial charge is 0.302 e. The Kier molecular flexibility index (Phi) is 8.76. The number of likely N-dealkylation sites (N-methyl/N-ethyl adjacent to an activating group) is 1. The Hall–Kier alpha value is -0.890. The van der Waals surface area contributed by atoms with Crippen LogP contribution in [-0.4, -0.2) is 42.0 Å². The Morgan fingerprint density at radius 3 is 2.34 bits per heavy atom. The van der Waals surface area contributed by atoms with Crippen LogP contribution in [0.15, 0.2) is 18.2 Å². The summed E-state index contributed by atoms with van der Waals surface area (Å²) in [5.41, 5.74) is 3.69. The van der Waals surface area contributed by atoms with E-state index in [2.05, 4.69) is 44.7 Å². The fourth-order valence-electron chi connectivity index (χ4n) is 3.18. The molecule has 0 saturated heterocycles. The summed E-state index contributed by atoms with van der Waals surface area (Å²) in [6, 6.07) is 5.84. The van der Waals surface area contributed by atoms with Gasteiger partial charge in [0.1, 0.15) is 4.34 Å². The van der Waals surface area contributed by atoms with Crippen molar-refractivity contribution >= 4 is 79.5 Å². The molecule has 1 amide bonds. The van der Waals surface area contributed by atoms with E-state index in [1.165, 1.54) is 16.9 Å². The molecule has 4 nitrogen and oxygen atoms in total. The predicted octanol–water partition coefficient (Wildman–Crippen LogP) is 6.69. The minimum absolute atomic E-state index is 0. The van der Waals surface area contributed by atoms with Crippen LogP contribution in [0.3, 0.4) is 0 Å². The highest BCUT2D eigenvalue weighted by atomic mass is 35.5. The quantitative estimate of drug-likeness (QED) is 0.368. The lowest BCUT2D eigenvalue weighted by Crippen LogP contribution is -2.38. The Balaban J connectivity index is 0.00000300. The number of aryl methyl sites for hydroxylation is 2. The first kappa shape index (κ1) is 24.4. The number of benzene rings is 1. The number of carbonyl (C=O) groups is 1. The molecule has 29 heavy (non-hydrogen) atoms. The number of halogens is 3. The number of carbonyl (C=O) groups excluding carboxylic acids is 1. The number of fused-ring (bicyclic) bond motifs is 1. The molecule has 0 spiro atoms. The van der Waals surface area contributed by atoms with Crippen molar-refractivity contribution in [3.8, 4) is 0 Å². The standard InChI is InChI=1S/C20H23Cl2N3OS2.ClH/c1-5-24(6-2)7-8-25(19(26)14-11-16(21)27-18(14)22)20-23-15-10-12(3)9-13(4)17(15)28-20;/h9-11H,5-8H2,1-4H3;1H. The van der Waals surface area contributed by atoms with Gasteiger partial charge in [0, 0.05) is 13.1 Å². The average molecular weight is 493 g/mol. The van der Waals surface area contributed by atoms with Crippen molar-refractivity contribution < 1.29 is 4.79 Å². The van der Waals surface area contributed by atoms with Gasteiger partial charge in [-0.3, -0.25) is 9.69 Å². The van der Waals surface area contributed by atoms with Gasteiger partial charge in [-0.05, 0) is 50.2 Å². The van der Waals surface area contributed by atoms with Crippen LogP contribution in [-0.2, 0) is 0 Å². The van der Waals surface area contributed by atoms with E-state index in [1.807, 2.05) is 0 Å². The molecule has 2 heterocycles. The average Bonchev–Trinajstić information content (AvgIpc) is 3.21. The molecule has 0 fully saturated rings. The van der Waals surface area contributed by atoms with Gasteiger partial charge in [-0.2, -0.15) is 0 Å². The number of amides is 1. The van der Waals surface area contributed by atoms with Crippen LogP contribution in [0.25, 0.3) is 10.2 Å². The maximum absolute atomic E-state index is 13.3. The highest BCUT2D eigenvalue weighted by Gasteiger charge is 2.25. The SMILES string of the molecule is CCN(CC)CCN(C(=O)c1cc(Cl)sc1Cl)c1nc2cc(C)cc(C)c2s1.Cl. The molecule has 9 heteroatoms. The molecule has 2 aromatic heterocycles. The summed E-state index contributed by atoms with van der Waals surface area (Å²) < 4.78 is 2.03. The van der Waals surface area contributed by atoms with Crippen LogP contribution < -0.4 is 4.90 Å². The molecule has 0 saturated carbocycles. The highest BCUT2D eigenvalue weighted by Crippen LogP contribution is 2.36. The third kappa shape index (κ3) is 5.43. The Bertz CT molecular complexity index is 998. The fourth-order valence-corrected chi connectivity index (χ4v) is 5.67. The summed E-state index contributed by atoms with van der Waals surface area (Å²) in [4.78, 5) is 22.1. The lowest BCUT2D eigenvalue weighted by atomic mass is 10.1. The number of hydrogen-bond acceptors (Lipinski definition) is 5. The number of rotatable bonds is 7. The molecule has 158 valence electrons. The molecule has 0 N–H and O–H groups in total. The van der Waals surface area contributed by atoms with Gasteiger partial charge in [0.15, 0.2) is 5.13 Å². The van der Waals surface area contributed by atoms with Gasteiger partial charge in [-0.25, -0.2) is 4.98 Å². The fraction of sp³-hybridized carbons (Fsp3) is 0.400. The predicted molar refractivity (Wildman–Crippen MR) is 130 cm³/mol. The van der Waals surface area contributed by atoms with Crippen molar-refractivity contribution in [3.05, 3.63) is 43.6 Å². The number of thiophene rings is 1. The molecule has 0 aliphatic rings. The van der Waals surface area contributed by atoms with Gasteiger partial charge >= 0.3 is 0 Å². The third-order valence-electron chi connectivity index (χ3n) is 4.71. The first-order valence-corrected chi connectivity index (χ1v) is 11.6. The molecular weight excluding hydrogens is 469 g/mol. The van der Waals surface area contributed by atoms with Crippen LogP contribution >= 0.6 is 58.3 Å². The minimum atomic E-state index is -0.159. The summed E-state index contributed by atoms with van der Waals surface area (Å²) >= 11 is 15.1. The Morgan fingerprint density at radius 1 is 1.07 bits per heavy atom. The summed E-state index contributed by atoms with van der Waals surface area (Å²) in [6.07, 6.45) is 0. The molecule has 1 aromatic carbocycles. The van der Waals surface area contributed by atoms with Gasteiger partial charge in [0.05, 0.1) is 20.1 Å². The summed E-state index contributed by atoms with van der Waals surface area (Å²) in [5.74, 6) is -0.159. The molecule has 3 rings (SSSR count). The zero-order valence-electron chi connectivity index (χ0n) is 16.8. The lowest BCUT2D eigenvalue weighted by molar-refractivity contribution is 0.0984. The smallest absolute Gasteiger partial charge is 0.262 e. The maximum atomic E-state index is 13.3. The maximum Gasteiger partial charge on any atom is 0.262 e. The van der Waals surface area contributed by atoms with Crippen molar-refractivity contribution in [2.45, 2.75) is 27.7 Å². The second kappa shape index (κ2) is 10.4. The zero-order chi connectivity index (χ0) is 20.4. The molecule has 0 aliphatic heterocycles. The molecule has 0 bridgehead atoms. The van der Waals surface area contributed by atoms with Crippen molar-refractivity contribution in [3.63, 3.8) is 0 Å². The van der Waals surface area contributed by atoms with Gasteiger partial charge in [0.25, 0.3) is 5.91 Å². The van der Waals surface area contributed by atoms with E-state index in [0.29, 0.717) is 25.9 Å². The second-order valence-electron chi connectivity index (χ2n) is 6.65. The molecule has 0 unspecified atom stereocenters. The first-order chi connectivity index (χ1) is 13.3. The van der Waals surface area contributed by atoms with Crippen LogP contribution in [0.5, 0.6) is 0 Å². The van der Waals surface area contributed by atoms with E-state index in [9.17, 15) is 4.79 Å². The van der Waals surface area contributed by atoms with Crippen molar-refractivity contribution in [2.75, 3.05) is 31.1 Å². The van der Waals surface area contributed by atoms with Crippen LogP contribution in [0.2, 0.25) is 8.67 Å². The third-order valence-corrected chi connectivity index (χ3v) is 7.42. The van der Waals surface area contributed by atoms with E-state index in [4.69, 9.17) is 28.2 Å². The number of hydrogen-bond donors (Lipinski definition) is 0. The van der Waals surface area contributed by atoms with Crippen molar-refractivity contribution in [1.82, 2.24) is 9.88 Å². The summed E-state index contributed by atoms with van der Waals surface area (Å²) in [5, 5.41) is 0.694. The summed E-state index contributed by atoms with van der Waals surface area (Å²) in [6.45, 7) is 11.6. The number of nitrogens with zero attached hydrogens (tertiary/aromatic N) is 3. The van der Waals surface area contributed by atoms with Gasteiger partial charge in [0.2, 0.25) is 0 Å². The highest BCUT2D eigenvalue weighted by molar-refractivity contribution is 7.22. The van der Waals surface area contributed by atoms with Crippen LogP contribution in [0, 0.1) is 13.8 Å². The van der Waals surface area contributed by atoms with Crippen molar-refractivity contribution in [2.24, 2.45) is 0 Å². The topological polar surface area (TPSA) is 36.4 Å². The van der Waals surface area contributed by atoms with Crippen LogP contribution in [0.4, 0.5) is 5.13 Å². The first-order valence-electron chi connectivity index (χ1n) is 9.20. The van der Waals surface area contributed by atoms with Gasteiger partial charge in [-0.1, -0.05) is 54.5 Å². The van der Waals surface area contributed by atoms with E-state index in [1.54, 1.807) is 22.3 Å². The molecule has 0 radical (unpaired) electrons. The van der Waals surface area contributed by atoms with E-state index >= 15 is 0 Å².